The normalized spacial score (nSPS) is 18.0. The van der Waals surface area contributed by atoms with E-state index in [2.05, 4.69) is 5.32 Å². The number of ether oxygens (including phenoxy) is 1. The van der Waals surface area contributed by atoms with Gasteiger partial charge in [-0.2, -0.15) is 0 Å². The second-order valence-corrected chi connectivity index (χ2v) is 6.55. The highest BCUT2D eigenvalue weighted by molar-refractivity contribution is 5.85. The first-order valence-corrected chi connectivity index (χ1v) is 8.63. The van der Waals surface area contributed by atoms with Crippen molar-refractivity contribution < 1.29 is 23.8 Å². The lowest BCUT2D eigenvalue weighted by Crippen LogP contribution is -2.40. The maximum absolute atomic E-state index is 12.4. The summed E-state index contributed by atoms with van der Waals surface area (Å²) in [6.07, 6.45) is 1.43. The molecule has 2 heterocycles. The van der Waals surface area contributed by atoms with Crippen LogP contribution in [0, 0.1) is 11.8 Å². The Morgan fingerprint density at radius 1 is 1.28 bits per heavy atom. The molecule has 0 radical (unpaired) electrons. The molecule has 2 unspecified atom stereocenters. The Balaban J connectivity index is 1.62. The molecule has 1 aliphatic rings. The van der Waals surface area contributed by atoms with Crippen molar-refractivity contribution >= 4 is 22.8 Å². The van der Waals surface area contributed by atoms with E-state index in [1.807, 2.05) is 30.3 Å². The molecule has 6 nitrogen and oxygen atoms in total. The summed E-state index contributed by atoms with van der Waals surface area (Å²) >= 11 is 0. The average molecular weight is 345 g/mol. The lowest BCUT2D eigenvalue weighted by Gasteiger charge is -2.27. The molecule has 1 aromatic carbocycles. The van der Waals surface area contributed by atoms with E-state index in [0.717, 1.165) is 11.0 Å². The molecule has 25 heavy (non-hydrogen) atoms. The van der Waals surface area contributed by atoms with Crippen molar-refractivity contribution in [2.45, 2.75) is 25.7 Å². The van der Waals surface area contributed by atoms with Crippen LogP contribution in [-0.2, 0) is 14.3 Å². The van der Waals surface area contributed by atoms with E-state index >= 15 is 0 Å². The molecule has 2 N–H and O–H groups in total. The van der Waals surface area contributed by atoms with E-state index in [-0.39, 0.29) is 18.4 Å². The van der Waals surface area contributed by atoms with Crippen LogP contribution >= 0.6 is 0 Å². The fourth-order valence-corrected chi connectivity index (χ4v) is 3.28. The zero-order valence-corrected chi connectivity index (χ0v) is 14.2. The molecular formula is C19H23NO5. The van der Waals surface area contributed by atoms with Gasteiger partial charge in [0, 0.05) is 25.1 Å². The third-order valence-electron chi connectivity index (χ3n) is 4.91. The van der Waals surface area contributed by atoms with Gasteiger partial charge in [-0.3, -0.25) is 9.59 Å². The molecule has 0 spiro atoms. The number of hydrogen-bond donors (Lipinski definition) is 2. The monoisotopic (exact) mass is 345 g/mol. The summed E-state index contributed by atoms with van der Waals surface area (Å²) in [7, 11) is 0. The van der Waals surface area contributed by atoms with Gasteiger partial charge in [-0.25, -0.2) is 0 Å². The number of para-hydroxylation sites is 1. The lowest BCUT2D eigenvalue weighted by molar-refractivity contribution is -0.145. The van der Waals surface area contributed by atoms with E-state index in [9.17, 15) is 14.7 Å². The third kappa shape index (κ3) is 4.02. The Morgan fingerprint density at radius 3 is 2.68 bits per heavy atom. The minimum atomic E-state index is -0.872. The third-order valence-corrected chi connectivity index (χ3v) is 4.91. The van der Waals surface area contributed by atoms with Crippen LogP contribution in [0.1, 0.15) is 31.4 Å². The second kappa shape index (κ2) is 7.70. The van der Waals surface area contributed by atoms with Crippen LogP contribution in [0.5, 0.6) is 0 Å². The van der Waals surface area contributed by atoms with Gasteiger partial charge in [0.25, 0.3) is 0 Å². The maximum atomic E-state index is 12.4. The second-order valence-electron chi connectivity index (χ2n) is 6.55. The molecule has 1 fully saturated rings. The summed E-state index contributed by atoms with van der Waals surface area (Å²) in [5, 5.41) is 13.2. The van der Waals surface area contributed by atoms with Crippen molar-refractivity contribution in [3.63, 3.8) is 0 Å². The molecule has 6 heteroatoms. The number of aliphatic carboxylic acids is 1. The maximum Gasteiger partial charge on any atom is 0.308 e. The van der Waals surface area contributed by atoms with Crippen molar-refractivity contribution in [2.24, 2.45) is 11.8 Å². The van der Waals surface area contributed by atoms with Gasteiger partial charge in [0.15, 0.2) is 0 Å². The number of benzene rings is 1. The Morgan fingerprint density at radius 2 is 2.00 bits per heavy atom. The van der Waals surface area contributed by atoms with Crippen LogP contribution in [0.15, 0.2) is 34.7 Å². The van der Waals surface area contributed by atoms with Crippen molar-refractivity contribution in [3.8, 4) is 0 Å². The Hall–Kier alpha value is -2.34. The van der Waals surface area contributed by atoms with E-state index in [1.165, 1.54) is 0 Å². The smallest absolute Gasteiger partial charge is 0.308 e. The molecule has 1 aliphatic heterocycles. The summed E-state index contributed by atoms with van der Waals surface area (Å²) in [5.74, 6) is -1.54. The average Bonchev–Trinajstić information content (AvgIpc) is 3.05. The highest BCUT2D eigenvalue weighted by Gasteiger charge is 2.31. The molecule has 1 saturated heterocycles. The number of fused-ring (bicyclic) bond motifs is 1. The van der Waals surface area contributed by atoms with E-state index < -0.39 is 17.8 Å². The van der Waals surface area contributed by atoms with Gasteiger partial charge in [0.1, 0.15) is 11.3 Å². The number of amides is 1. The summed E-state index contributed by atoms with van der Waals surface area (Å²) < 4.78 is 11.0. The molecule has 1 amide bonds. The lowest BCUT2D eigenvalue weighted by atomic mass is 9.86. The first-order chi connectivity index (χ1) is 12.1. The molecule has 0 bridgehead atoms. The molecule has 2 aromatic rings. The number of rotatable bonds is 6. The summed E-state index contributed by atoms with van der Waals surface area (Å²) in [6.45, 7) is 3.05. The first kappa shape index (κ1) is 17.5. The Labute approximate surface area is 146 Å². The Bertz CT molecular complexity index is 714. The van der Waals surface area contributed by atoms with Gasteiger partial charge < -0.3 is 19.6 Å². The standard InChI is InChI=1S/C19H23NO5/c1-12(17-10-14-4-2-3-5-16(14)25-17)18(21)20-11-15(19(22)23)13-6-8-24-9-7-13/h2-5,10,12-13,15H,6-9,11H2,1H3,(H,20,21)(H,22,23). The van der Waals surface area contributed by atoms with Crippen molar-refractivity contribution in [1.29, 1.82) is 0 Å². The molecule has 3 rings (SSSR count). The number of nitrogens with one attached hydrogen (secondary N) is 1. The zero-order valence-electron chi connectivity index (χ0n) is 14.2. The van der Waals surface area contributed by atoms with Crippen molar-refractivity contribution in [2.75, 3.05) is 19.8 Å². The quantitative estimate of drug-likeness (QED) is 0.840. The fourth-order valence-electron chi connectivity index (χ4n) is 3.28. The minimum Gasteiger partial charge on any atom is -0.481 e. The first-order valence-electron chi connectivity index (χ1n) is 8.63. The molecule has 2 atom stereocenters. The van der Waals surface area contributed by atoms with Crippen molar-refractivity contribution in [1.82, 2.24) is 5.32 Å². The van der Waals surface area contributed by atoms with Gasteiger partial charge in [0.2, 0.25) is 5.91 Å². The SMILES string of the molecule is CC(C(=O)NCC(C(=O)O)C1CCOCC1)c1cc2ccccc2o1. The minimum absolute atomic E-state index is 0.0352. The molecule has 1 aromatic heterocycles. The summed E-state index contributed by atoms with van der Waals surface area (Å²) in [4.78, 5) is 24.0. The number of carbonyl (C=O) groups excluding carboxylic acids is 1. The zero-order chi connectivity index (χ0) is 17.8. The summed E-state index contributed by atoms with van der Waals surface area (Å²) in [6, 6.07) is 9.43. The van der Waals surface area contributed by atoms with Crippen LogP contribution in [0.3, 0.4) is 0 Å². The molecular weight excluding hydrogens is 322 g/mol. The highest BCUT2D eigenvalue weighted by atomic mass is 16.5. The number of hydrogen-bond acceptors (Lipinski definition) is 4. The van der Waals surface area contributed by atoms with Crippen LogP contribution in [0.25, 0.3) is 11.0 Å². The van der Waals surface area contributed by atoms with Crippen LogP contribution in [0.2, 0.25) is 0 Å². The number of furan rings is 1. The molecule has 134 valence electrons. The molecule has 0 aliphatic carbocycles. The van der Waals surface area contributed by atoms with Gasteiger partial charge in [-0.05, 0) is 37.8 Å². The van der Waals surface area contributed by atoms with E-state index in [1.54, 1.807) is 6.92 Å². The van der Waals surface area contributed by atoms with Gasteiger partial charge in [-0.1, -0.05) is 18.2 Å². The highest BCUT2D eigenvalue weighted by Crippen LogP contribution is 2.26. The van der Waals surface area contributed by atoms with Crippen LogP contribution in [0.4, 0.5) is 0 Å². The predicted molar refractivity (Wildman–Crippen MR) is 92.3 cm³/mol. The number of carbonyl (C=O) groups is 2. The predicted octanol–water partition coefficient (Wildman–Crippen LogP) is 2.78. The largest absolute Gasteiger partial charge is 0.481 e. The van der Waals surface area contributed by atoms with Crippen molar-refractivity contribution in [3.05, 3.63) is 36.1 Å². The van der Waals surface area contributed by atoms with Crippen LogP contribution in [-0.4, -0.2) is 36.7 Å². The number of carboxylic acid groups (broad SMARTS) is 1. The summed E-state index contributed by atoms with van der Waals surface area (Å²) in [5.41, 5.74) is 0.739. The molecule has 0 saturated carbocycles. The van der Waals surface area contributed by atoms with Gasteiger partial charge in [0.05, 0.1) is 11.8 Å². The van der Waals surface area contributed by atoms with E-state index in [0.29, 0.717) is 31.8 Å². The van der Waals surface area contributed by atoms with Gasteiger partial charge in [-0.15, -0.1) is 0 Å². The van der Waals surface area contributed by atoms with Gasteiger partial charge >= 0.3 is 5.97 Å². The topological polar surface area (TPSA) is 88.8 Å². The fraction of sp³-hybridized carbons (Fsp3) is 0.474. The van der Waals surface area contributed by atoms with E-state index in [4.69, 9.17) is 9.15 Å². The van der Waals surface area contributed by atoms with Crippen LogP contribution < -0.4 is 5.32 Å². The Kier molecular flexibility index (Phi) is 5.38. The number of carboxylic acids is 1.